The molecule has 9 heteroatoms. The monoisotopic (exact) mass is 323 g/mol. The average molecular weight is 323 g/mol. The van der Waals surface area contributed by atoms with E-state index in [9.17, 15) is 23.8 Å². The van der Waals surface area contributed by atoms with Crippen LogP contribution in [-0.2, 0) is 16.0 Å². The molecule has 1 aliphatic rings. The number of carbonyl (C=O) groups is 3. The Morgan fingerprint density at radius 1 is 1.39 bits per heavy atom. The molecular weight excluding hydrogens is 308 g/mol. The van der Waals surface area contributed by atoms with Crippen LogP contribution in [0.1, 0.15) is 35.7 Å². The van der Waals surface area contributed by atoms with Crippen LogP contribution in [0.2, 0.25) is 0 Å². The number of benzene rings is 1. The van der Waals surface area contributed by atoms with Crippen molar-refractivity contribution >= 4 is 24.8 Å². The minimum absolute atomic E-state index is 0.0142. The fourth-order valence-electron chi connectivity index (χ4n) is 2.33. The zero-order valence-electron chi connectivity index (χ0n) is 12.3. The Balaban J connectivity index is 2.16. The molecule has 1 aromatic rings. The van der Waals surface area contributed by atoms with Gasteiger partial charge in [-0.3, -0.25) is 4.79 Å². The standard InChI is InChI=1S/C14H15BFNO6/c1-7(18)2-3-12(19)17-11-5-8-4-9(16)6-10(14(20)21)13(8)23-15(11)22/h4,6,11,22H,2-3,5H2,1H3,(H,17,19)(H,20,21)/t11-/m0/s1. The second-order valence-corrected chi connectivity index (χ2v) is 5.34. The van der Waals surface area contributed by atoms with Crippen LogP contribution in [0.25, 0.3) is 0 Å². The minimum Gasteiger partial charge on any atom is -0.534 e. The highest BCUT2D eigenvalue weighted by molar-refractivity contribution is 6.47. The van der Waals surface area contributed by atoms with E-state index in [1.807, 2.05) is 0 Å². The molecule has 0 aliphatic carbocycles. The van der Waals surface area contributed by atoms with Crippen LogP contribution in [0.15, 0.2) is 12.1 Å². The number of hydrogen-bond donors (Lipinski definition) is 3. The van der Waals surface area contributed by atoms with E-state index < -0.39 is 30.8 Å². The molecule has 0 saturated carbocycles. The Bertz CT molecular complexity index is 665. The van der Waals surface area contributed by atoms with E-state index in [-0.39, 0.29) is 41.9 Å². The van der Waals surface area contributed by atoms with Gasteiger partial charge in [0.25, 0.3) is 0 Å². The first kappa shape index (κ1) is 16.9. The second kappa shape index (κ2) is 6.78. The molecule has 0 bridgehead atoms. The van der Waals surface area contributed by atoms with Crippen molar-refractivity contribution in [2.24, 2.45) is 0 Å². The molecule has 0 radical (unpaired) electrons. The van der Waals surface area contributed by atoms with Crippen molar-refractivity contribution in [3.63, 3.8) is 0 Å². The lowest BCUT2D eigenvalue weighted by molar-refractivity contribution is -0.124. The Morgan fingerprint density at radius 3 is 2.70 bits per heavy atom. The fourth-order valence-corrected chi connectivity index (χ4v) is 2.33. The van der Waals surface area contributed by atoms with Crippen LogP contribution in [0, 0.1) is 5.82 Å². The molecule has 7 nitrogen and oxygen atoms in total. The number of aromatic carboxylic acids is 1. The number of ketones is 1. The Hall–Kier alpha value is -2.42. The maximum Gasteiger partial charge on any atom is 0.547 e. The summed E-state index contributed by atoms with van der Waals surface area (Å²) in [5.74, 6) is -3.68. The van der Waals surface area contributed by atoms with Gasteiger partial charge in [-0.2, -0.15) is 0 Å². The number of hydrogen-bond acceptors (Lipinski definition) is 5. The van der Waals surface area contributed by atoms with Gasteiger partial charge < -0.3 is 24.9 Å². The largest absolute Gasteiger partial charge is 0.547 e. The summed E-state index contributed by atoms with van der Waals surface area (Å²) in [5, 5.41) is 21.5. The molecular formula is C14H15BFNO6. The summed E-state index contributed by atoms with van der Waals surface area (Å²) in [6.07, 6.45) is 0.0547. The van der Waals surface area contributed by atoms with Crippen molar-refractivity contribution in [3.8, 4) is 5.75 Å². The molecule has 1 aromatic carbocycles. The zero-order chi connectivity index (χ0) is 17.1. The van der Waals surface area contributed by atoms with Crippen LogP contribution in [-0.4, -0.2) is 40.8 Å². The summed E-state index contributed by atoms with van der Waals surface area (Å²) >= 11 is 0. The highest BCUT2D eigenvalue weighted by atomic mass is 19.1. The quantitative estimate of drug-likeness (QED) is 0.673. The molecule has 0 fully saturated rings. The van der Waals surface area contributed by atoms with Gasteiger partial charge >= 0.3 is 13.1 Å². The second-order valence-electron chi connectivity index (χ2n) is 5.34. The lowest BCUT2D eigenvalue weighted by Gasteiger charge is -2.29. The number of Topliss-reactive ketones (excluding diaryl/α,β-unsaturated/α-hetero) is 1. The van der Waals surface area contributed by atoms with Crippen LogP contribution >= 0.6 is 0 Å². The van der Waals surface area contributed by atoms with Gasteiger partial charge in [-0.25, -0.2) is 9.18 Å². The van der Waals surface area contributed by atoms with E-state index in [4.69, 9.17) is 9.76 Å². The van der Waals surface area contributed by atoms with Crippen molar-refractivity contribution < 1.29 is 33.6 Å². The smallest absolute Gasteiger partial charge is 0.534 e. The summed E-state index contributed by atoms with van der Waals surface area (Å²) in [4.78, 5) is 33.7. The van der Waals surface area contributed by atoms with Gasteiger partial charge in [0.1, 0.15) is 22.9 Å². The number of carboxylic acid groups (broad SMARTS) is 1. The summed E-state index contributed by atoms with van der Waals surface area (Å²) < 4.78 is 18.7. The lowest BCUT2D eigenvalue weighted by atomic mass is 9.72. The van der Waals surface area contributed by atoms with Crippen LogP contribution in [0.3, 0.4) is 0 Å². The van der Waals surface area contributed by atoms with Crippen molar-refractivity contribution in [1.29, 1.82) is 0 Å². The third-order valence-corrected chi connectivity index (χ3v) is 3.43. The van der Waals surface area contributed by atoms with E-state index in [2.05, 4.69) is 5.32 Å². The van der Waals surface area contributed by atoms with Gasteiger partial charge in [0.15, 0.2) is 0 Å². The number of fused-ring (bicyclic) bond motifs is 1. The summed E-state index contributed by atoms with van der Waals surface area (Å²) in [7, 11) is -1.47. The van der Waals surface area contributed by atoms with Gasteiger partial charge in [-0.1, -0.05) is 0 Å². The first-order chi connectivity index (χ1) is 10.8. The highest BCUT2D eigenvalue weighted by Gasteiger charge is 2.38. The van der Waals surface area contributed by atoms with E-state index >= 15 is 0 Å². The molecule has 1 aliphatic heterocycles. The van der Waals surface area contributed by atoms with Crippen molar-refractivity contribution in [2.75, 3.05) is 0 Å². The van der Waals surface area contributed by atoms with E-state index in [1.165, 1.54) is 6.92 Å². The van der Waals surface area contributed by atoms with Crippen LogP contribution in [0.5, 0.6) is 5.75 Å². The number of carboxylic acids is 1. The summed E-state index contributed by atoms with van der Waals surface area (Å²) in [6.45, 7) is 1.36. The maximum absolute atomic E-state index is 13.5. The number of rotatable bonds is 5. The molecule has 0 aromatic heterocycles. The van der Waals surface area contributed by atoms with E-state index in [0.29, 0.717) is 0 Å². The van der Waals surface area contributed by atoms with Crippen LogP contribution < -0.4 is 9.97 Å². The van der Waals surface area contributed by atoms with Crippen molar-refractivity contribution in [2.45, 2.75) is 32.1 Å². The maximum atomic E-state index is 13.5. The molecule has 1 heterocycles. The molecule has 3 N–H and O–H groups in total. The molecule has 0 saturated heterocycles. The number of amides is 1. The van der Waals surface area contributed by atoms with Gasteiger partial charge in [-0.15, -0.1) is 0 Å². The van der Waals surface area contributed by atoms with E-state index in [1.54, 1.807) is 0 Å². The van der Waals surface area contributed by atoms with E-state index in [0.717, 1.165) is 12.1 Å². The molecule has 2 rings (SSSR count). The Morgan fingerprint density at radius 2 is 2.09 bits per heavy atom. The predicted octanol–water partition coefficient (Wildman–Crippen LogP) is 0.332. The fraction of sp³-hybridized carbons (Fsp3) is 0.357. The van der Waals surface area contributed by atoms with Gasteiger partial charge in [0.05, 0.1) is 5.94 Å². The number of nitrogens with one attached hydrogen (secondary N) is 1. The normalized spacial score (nSPS) is 16.3. The molecule has 0 spiro atoms. The van der Waals surface area contributed by atoms with Crippen molar-refractivity contribution in [3.05, 3.63) is 29.1 Å². The molecule has 1 atom stereocenters. The first-order valence-corrected chi connectivity index (χ1v) is 6.97. The van der Waals surface area contributed by atoms with Gasteiger partial charge in [-0.05, 0) is 31.0 Å². The SMILES string of the molecule is CC(=O)CCC(=O)N[C@H]1Cc2cc(F)cc(C(=O)O)c2OB1O. The molecule has 1 amide bonds. The lowest BCUT2D eigenvalue weighted by Crippen LogP contribution is -2.53. The molecule has 122 valence electrons. The zero-order valence-corrected chi connectivity index (χ0v) is 12.3. The molecule has 0 unspecified atom stereocenters. The van der Waals surface area contributed by atoms with Gasteiger partial charge in [0.2, 0.25) is 5.91 Å². The number of carbonyl (C=O) groups excluding carboxylic acids is 2. The predicted molar refractivity (Wildman–Crippen MR) is 77.5 cm³/mol. The van der Waals surface area contributed by atoms with Crippen molar-refractivity contribution in [1.82, 2.24) is 5.32 Å². The molecule has 23 heavy (non-hydrogen) atoms. The minimum atomic E-state index is -1.47. The van der Waals surface area contributed by atoms with Crippen LogP contribution in [0.4, 0.5) is 4.39 Å². The average Bonchev–Trinajstić information content (AvgIpc) is 2.45. The third-order valence-electron chi connectivity index (χ3n) is 3.43. The first-order valence-electron chi connectivity index (χ1n) is 6.97. The summed E-state index contributed by atoms with van der Waals surface area (Å²) in [5.41, 5.74) is -0.148. The Kier molecular flexibility index (Phi) is 5.00. The Labute approximate surface area is 131 Å². The number of halogens is 1. The highest BCUT2D eigenvalue weighted by Crippen LogP contribution is 2.31. The summed E-state index contributed by atoms with van der Waals surface area (Å²) in [6, 6.07) is 1.90. The third kappa shape index (κ3) is 4.07. The topological polar surface area (TPSA) is 113 Å². The van der Waals surface area contributed by atoms with Gasteiger partial charge in [0, 0.05) is 12.8 Å².